The van der Waals surface area contributed by atoms with E-state index in [1.54, 1.807) is 0 Å². The van der Waals surface area contributed by atoms with E-state index < -0.39 is 6.35 Å². The van der Waals surface area contributed by atoms with Gasteiger partial charge in [0.15, 0.2) is 6.35 Å². The molecule has 4 N–H and O–H groups in total. The highest BCUT2D eigenvalue weighted by molar-refractivity contribution is 4.71. The van der Waals surface area contributed by atoms with Gasteiger partial charge in [0.05, 0.1) is 0 Å². The van der Waals surface area contributed by atoms with Gasteiger partial charge in [0.1, 0.15) is 0 Å². The molecule has 1 rings (SSSR count). The summed E-state index contributed by atoms with van der Waals surface area (Å²) in [7, 11) is 0. The first-order chi connectivity index (χ1) is 4.29. The molecule has 0 aromatic rings. The third kappa shape index (κ3) is 2.30. The van der Waals surface area contributed by atoms with Gasteiger partial charge in [-0.25, -0.2) is 0 Å². The number of nitrogens with two attached hydrogens (primary N) is 1. The zero-order chi connectivity index (χ0) is 6.69. The zero-order valence-electron chi connectivity index (χ0n) is 5.51. The molecule has 0 heterocycles. The molecule has 1 unspecified atom stereocenters. The Morgan fingerprint density at radius 3 is 2.67 bits per heavy atom. The molecular weight excluding hydrogens is 116 g/mol. The summed E-state index contributed by atoms with van der Waals surface area (Å²) in [5, 5.41) is 11.4. The molecule has 0 amide bonds. The lowest BCUT2D eigenvalue weighted by Crippen LogP contribution is -2.41. The Kier molecular flexibility index (Phi) is 2.45. The first-order valence-electron chi connectivity index (χ1n) is 3.46. The highest BCUT2D eigenvalue weighted by Gasteiger charge is 2.16. The standard InChI is InChI=1S/C6H14N2O/c7-6(9)8-4-5-2-1-3-5/h5-6,8-9H,1-4,7H2. The second-order valence-electron chi connectivity index (χ2n) is 2.65. The van der Waals surface area contributed by atoms with Crippen molar-refractivity contribution in [2.75, 3.05) is 6.54 Å². The number of nitrogens with one attached hydrogen (secondary N) is 1. The van der Waals surface area contributed by atoms with Crippen molar-refractivity contribution in [1.29, 1.82) is 0 Å². The third-order valence-corrected chi connectivity index (χ3v) is 1.84. The summed E-state index contributed by atoms with van der Waals surface area (Å²) in [6.45, 7) is 0.873. The predicted molar refractivity (Wildman–Crippen MR) is 35.5 cm³/mol. The molecule has 1 aliphatic carbocycles. The molecule has 0 aliphatic heterocycles. The van der Waals surface area contributed by atoms with Crippen LogP contribution in [0, 0.1) is 5.92 Å². The topological polar surface area (TPSA) is 58.3 Å². The molecule has 0 aromatic heterocycles. The van der Waals surface area contributed by atoms with Crippen molar-refractivity contribution in [2.45, 2.75) is 25.6 Å². The normalized spacial score (nSPS) is 23.3. The number of hydrogen-bond donors (Lipinski definition) is 3. The van der Waals surface area contributed by atoms with Crippen molar-refractivity contribution >= 4 is 0 Å². The van der Waals surface area contributed by atoms with Crippen LogP contribution in [0.3, 0.4) is 0 Å². The zero-order valence-corrected chi connectivity index (χ0v) is 5.51. The van der Waals surface area contributed by atoms with Gasteiger partial charge >= 0.3 is 0 Å². The molecule has 3 nitrogen and oxygen atoms in total. The van der Waals surface area contributed by atoms with E-state index in [9.17, 15) is 0 Å². The lowest BCUT2D eigenvalue weighted by molar-refractivity contribution is 0.128. The molecule has 0 spiro atoms. The Labute approximate surface area is 55.2 Å². The van der Waals surface area contributed by atoms with E-state index in [1.807, 2.05) is 0 Å². The molecule has 0 radical (unpaired) electrons. The fourth-order valence-electron chi connectivity index (χ4n) is 0.984. The number of rotatable bonds is 3. The third-order valence-electron chi connectivity index (χ3n) is 1.84. The highest BCUT2D eigenvalue weighted by atomic mass is 16.3. The summed E-state index contributed by atoms with van der Waals surface area (Å²) >= 11 is 0. The first kappa shape index (κ1) is 6.99. The number of aliphatic hydroxyl groups is 1. The Morgan fingerprint density at radius 2 is 2.33 bits per heavy atom. The fourth-order valence-corrected chi connectivity index (χ4v) is 0.984. The number of hydrogen-bond acceptors (Lipinski definition) is 3. The van der Waals surface area contributed by atoms with E-state index in [-0.39, 0.29) is 0 Å². The van der Waals surface area contributed by atoms with E-state index in [4.69, 9.17) is 10.8 Å². The molecule has 1 atom stereocenters. The molecule has 9 heavy (non-hydrogen) atoms. The van der Waals surface area contributed by atoms with Crippen LogP contribution < -0.4 is 11.1 Å². The molecule has 1 saturated carbocycles. The van der Waals surface area contributed by atoms with E-state index in [2.05, 4.69) is 5.32 Å². The second kappa shape index (κ2) is 3.15. The van der Waals surface area contributed by atoms with Crippen LogP contribution >= 0.6 is 0 Å². The van der Waals surface area contributed by atoms with Gasteiger partial charge in [0.25, 0.3) is 0 Å². The van der Waals surface area contributed by atoms with Gasteiger partial charge in [0, 0.05) is 6.54 Å². The smallest absolute Gasteiger partial charge is 0.157 e. The van der Waals surface area contributed by atoms with Crippen LogP contribution in [-0.4, -0.2) is 18.0 Å². The van der Waals surface area contributed by atoms with E-state index in [0.717, 1.165) is 12.5 Å². The van der Waals surface area contributed by atoms with Gasteiger partial charge in [-0.1, -0.05) is 6.42 Å². The second-order valence-corrected chi connectivity index (χ2v) is 2.65. The van der Waals surface area contributed by atoms with Crippen LogP contribution in [0.5, 0.6) is 0 Å². The van der Waals surface area contributed by atoms with E-state index >= 15 is 0 Å². The molecular formula is C6H14N2O. The minimum absolute atomic E-state index is 0.767. The quantitative estimate of drug-likeness (QED) is 0.456. The minimum atomic E-state index is -0.828. The van der Waals surface area contributed by atoms with Crippen LogP contribution in [0.1, 0.15) is 19.3 Å². The van der Waals surface area contributed by atoms with Crippen LogP contribution in [0.4, 0.5) is 0 Å². The average molecular weight is 130 g/mol. The summed E-state index contributed by atoms with van der Waals surface area (Å²) in [5.74, 6) is 0.767. The van der Waals surface area contributed by atoms with Crippen molar-refractivity contribution in [3.8, 4) is 0 Å². The van der Waals surface area contributed by atoms with Crippen LogP contribution in [-0.2, 0) is 0 Å². The van der Waals surface area contributed by atoms with Crippen LogP contribution in [0.25, 0.3) is 0 Å². The largest absolute Gasteiger partial charge is 0.366 e. The number of aliphatic hydroxyl groups excluding tert-OH is 1. The van der Waals surface area contributed by atoms with Crippen LogP contribution in [0.2, 0.25) is 0 Å². The van der Waals surface area contributed by atoms with E-state index in [0.29, 0.717) is 0 Å². The predicted octanol–water partition coefficient (Wildman–Crippen LogP) is -0.389. The molecule has 0 saturated heterocycles. The maximum atomic E-state index is 8.59. The lowest BCUT2D eigenvalue weighted by Gasteiger charge is -2.25. The van der Waals surface area contributed by atoms with Gasteiger partial charge in [-0.15, -0.1) is 0 Å². The van der Waals surface area contributed by atoms with Crippen molar-refractivity contribution in [3.05, 3.63) is 0 Å². The summed E-state index contributed by atoms with van der Waals surface area (Å²) in [6, 6.07) is 0. The molecule has 3 heteroatoms. The van der Waals surface area contributed by atoms with Gasteiger partial charge < -0.3 is 5.11 Å². The lowest BCUT2D eigenvalue weighted by atomic mass is 9.85. The summed E-state index contributed by atoms with van der Waals surface area (Å²) in [5.41, 5.74) is 5.06. The molecule has 1 aliphatic rings. The fraction of sp³-hybridized carbons (Fsp3) is 1.00. The van der Waals surface area contributed by atoms with Crippen molar-refractivity contribution in [2.24, 2.45) is 11.7 Å². The molecule has 54 valence electrons. The molecule has 1 fully saturated rings. The Hall–Kier alpha value is -0.120. The van der Waals surface area contributed by atoms with Gasteiger partial charge in [-0.2, -0.15) is 0 Å². The highest BCUT2D eigenvalue weighted by Crippen LogP contribution is 2.24. The molecule has 0 bridgehead atoms. The van der Waals surface area contributed by atoms with Crippen molar-refractivity contribution in [3.63, 3.8) is 0 Å². The summed E-state index contributed by atoms with van der Waals surface area (Å²) < 4.78 is 0. The summed E-state index contributed by atoms with van der Waals surface area (Å²) in [4.78, 5) is 0. The average Bonchev–Trinajstić information content (AvgIpc) is 1.60. The first-order valence-corrected chi connectivity index (χ1v) is 3.46. The van der Waals surface area contributed by atoms with Crippen LogP contribution in [0.15, 0.2) is 0 Å². The van der Waals surface area contributed by atoms with Crippen molar-refractivity contribution in [1.82, 2.24) is 5.32 Å². The Morgan fingerprint density at radius 1 is 1.67 bits per heavy atom. The maximum absolute atomic E-state index is 8.59. The van der Waals surface area contributed by atoms with E-state index in [1.165, 1.54) is 19.3 Å². The van der Waals surface area contributed by atoms with Gasteiger partial charge in [0.2, 0.25) is 0 Å². The molecule has 0 aromatic carbocycles. The summed E-state index contributed by atoms with van der Waals surface area (Å²) in [6.07, 6.45) is 3.09. The minimum Gasteiger partial charge on any atom is -0.366 e. The van der Waals surface area contributed by atoms with Gasteiger partial charge in [-0.05, 0) is 18.8 Å². The maximum Gasteiger partial charge on any atom is 0.157 e. The SMILES string of the molecule is NC(O)NCC1CCC1. The monoisotopic (exact) mass is 130 g/mol. The van der Waals surface area contributed by atoms with Gasteiger partial charge in [-0.3, -0.25) is 11.1 Å². The van der Waals surface area contributed by atoms with Crippen molar-refractivity contribution < 1.29 is 5.11 Å². The Balaban J connectivity index is 1.91. The Bertz CT molecular complexity index is 81.1.